The van der Waals surface area contributed by atoms with Crippen LogP contribution in [0.15, 0.2) is 23.9 Å². The van der Waals surface area contributed by atoms with Gasteiger partial charge in [0.05, 0.1) is 5.57 Å². The number of nitrogens with zero attached hydrogens (tertiary/aromatic N) is 1. The molecule has 1 rings (SSSR count). The van der Waals surface area contributed by atoms with E-state index in [1.807, 2.05) is 46.8 Å². The second-order valence-electron chi connectivity index (χ2n) is 5.53. The molecule has 0 atom stereocenters. The van der Waals surface area contributed by atoms with Crippen LogP contribution < -0.4 is 5.73 Å². The van der Waals surface area contributed by atoms with E-state index in [1.165, 1.54) is 0 Å². The summed E-state index contributed by atoms with van der Waals surface area (Å²) in [6.45, 7) is 10.1. The van der Waals surface area contributed by atoms with Gasteiger partial charge in [0.15, 0.2) is 0 Å². The Morgan fingerprint density at radius 2 is 1.59 bits per heavy atom. The largest absolute Gasteiger partial charge is 0.401 e. The summed E-state index contributed by atoms with van der Waals surface area (Å²) in [5, 5.41) is 9.31. The second-order valence-corrected chi connectivity index (χ2v) is 5.53. The van der Waals surface area contributed by atoms with Gasteiger partial charge >= 0.3 is 0 Å². The Kier molecular flexibility index (Phi) is 3.63. The van der Waals surface area contributed by atoms with E-state index in [2.05, 4.69) is 12.1 Å². The minimum Gasteiger partial charge on any atom is -0.401 e. The molecule has 0 saturated heterocycles. The minimum atomic E-state index is -0.192. The predicted octanol–water partition coefficient (Wildman–Crippen LogP) is 3.54. The third-order valence-corrected chi connectivity index (χ3v) is 2.70. The first kappa shape index (κ1) is 13.3. The molecule has 0 amide bonds. The molecule has 0 saturated carbocycles. The molecule has 0 radical (unpaired) electrons. The molecule has 0 aliphatic heterocycles. The zero-order chi connectivity index (χ0) is 13.2. The first-order chi connectivity index (χ1) is 7.75. The molecule has 1 aromatic rings. The van der Waals surface area contributed by atoms with Crippen molar-refractivity contribution in [3.63, 3.8) is 0 Å². The van der Waals surface area contributed by atoms with E-state index in [1.54, 1.807) is 0 Å². The SMILES string of the molecule is Cc1cc(C)cc(C(C#N)=C(N)C(C)(C)C)c1. The van der Waals surface area contributed by atoms with Crippen molar-refractivity contribution in [2.24, 2.45) is 11.1 Å². The maximum atomic E-state index is 9.31. The maximum absolute atomic E-state index is 9.31. The van der Waals surface area contributed by atoms with Crippen molar-refractivity contribution < 1.29 is 0 Å². The van der Waals surface area contributed by atoms with Gasteiger partial charge < -0.3 is 5.73 Å². The molecule has 0 heterocycles. The maximum Gasteiger partial charge on any atom is 0.102 e. The van der Waals surface area contributed by atoms with Gasteiger partial charge in [-0.1, -0.05) is 50.1 Å². The Morgan fingerprint density at radius 3 is 1.94 bits per heavy atom. The molecule has 90 valence electrons. The predicted molar refractivity (Wildman–Crippen MR) is 72.1 cm³/mol. The van der Waals surface area contributed by atoms with E-state index in [0.29, 0.717) is 11.3 Å². The normalized spacial score (nSPS) is 12.9. The molecule has 0 unspecified atom stereocenters. The molecule has 0 fully saturated rings. The van der Waals surface area contributed by atoms with Crippen LogP contribution in [0, 0.1) is 30.6 Å². The van der Waals surface area contributed by atoms with Crippen LogP contribution in [0.5, 0.6) is 0 Å². The van der Waals surface area contributed by atoms with Crippen molar-refractivity contribution in [3.05, 3.63) is 40.6 Å². The third kappa shape index (κ3) is 3.10. The molecule has 1 aromatic carbocycles. The van der Waals surface area contributed by atoms with E-state index in [9.17, 15) is 5.26 Å². The molecule has 0 spiro atoms. The fourth-order valence-corrected chi connectivity index (χ4v) is 1.77. The first-order valence-corrected chi connectivity index (χ1v) is 5.74. The van der Waals surface area contributed by atoms with Crippen molar-refractivity contribution in [2.75, 3.05) is 0 Å². The molecule has 0 aromatic heterocycles. The van der Waals surface area contributed by atoms with Gasteiger partial charge in [-0.05, 0) is 19.4 Å². The van der Waals surface area contributed by atoms with E-state index in [0.717, 1.165) is 16.7 Å². The zero-order valence-corrected chi connectivity index (χ0v) is 11.3. The second kappa shape index (κ2) is 4.63. The Bertz CT molecular complexity index is 476. The van der Waals surface area contributed by atoms with Crippen molar-refractivity contribution in [3.8, 4) is 6.07 Å². The van der Waals surface area contributed by atoms with Crippen LogP contribution in [0.4, 0.5) is 0 Å². The number of hydrogen-bond acceptors (Lipinski definition) is 2. The highest BCUT2D eigenvalue weighted by Gasteiger charge is 2.19. The summed E-state index contributed by atoms with van der Waals surface area (Å²) in [4.78, 5) is 0. The summed E-state index contributed by atoms with van der Waals surface area (Å²) in [5.74, 6) is 0. The van der Waals surface area contributed by atoms with Crippen molar-refractivity contribution in [1.29, 1.82) is 5.26 Å². The fraction of sp³-hybridized carbons (Fsp3) is 0.400. The molecule has 2 N–H and O–H groups in total. The number of hydrogen-bond donors (Lipinski definition) is 1. The van der Waals surface area contributed by atoms with E-state index < -0.39 is 0 Å². The average molecular weight is 228 g/mol. The highest BCUT2D eigenvalue weighted by atomic mass is 14.6. The van der Waals surface area contributed by atoms with Crippen molar-refractivity contribution in [1.82, 2.24) is 0 Å². The van der Waals surface area contributed by atoms with Gasteiger partial charge in [-0.2, -0.15) is 5.26 Å². The summed E-state index contributed by atoms with van der Waals surface area (Å²) in [5.41, 5.74) is 10.3. The number of nitrogens with two attached hydrogens (primary N) is 1. The topological polar surface area (TPSA) is 49.8 Å². The molecule has 0 bridgehead atoms. The number of aryl methyl sites for hydroxylation is 2. The summed E-state index contributed by atoms with van der Waals surface area (Å²) in [7, 11) is 0. The van der Waals surface area contributed by atoms with E-state index in [-0.39, 0.29) is 5.41 Å². The smallest absolute Gasteiger partial charge is 0.102 e. The van der Waals surface area contributed by atoms with E-state index >= 15 is 0 Å². The molecule has 2 nitrogen and oxygen atoms in total. The van der Waals surface area contributed by atoms with E-state index in [4.69, 9.17) is 5.73 Å². The van der Waals surface area contributed by atoms with Gasteiger partial charge in [0.2, 0.25) is 0 Å². The van der Waals surface area contributed by atoms with Gasteiger partial charge in [0.1, 0.15) is 6.07 Å². The molecule has 0 aliphatic rings. The Labute approximate surface area is 104 Å². The number of allylic oxidation sites excluding steroid dienone is 2. The lowest BCUT2D eigenvalue weighted by Gasteiger charge is -2.21. The molecule has 0 aliphatic carbocycles. The summed E-state index contributed by atoms with van der Waals surface area (Å²) in [6, 6.07) is 8.33. The van der Waals surface area contributed by atoms with Crippen LogP contribution in [-0.2, 0) is 0 Å². The van der Waals surface area contributed by atoms with Crippen LogP contribution in [0.3, 0.4) is 0 Å². The van der Waals surface area contributed by atoms with Gasteiger partial charge in [0.25, 0.3) is 0 Å². The minimum absolute atomic E-state index is 0.192. The summed E-state index contributed by atoms with van der Waals surface area (Å²) in [6.07, 6.45) is 0. The summed E-state index contributed by atoms with van der Waals surface area (Å²) >= 11 is 0. The van der Waals surface area contributed by atoms with Gasteiger partial charge in [0, 0.05) is 11.1 Å². The number of nitriles is 1. The van der Waals surface area contributed by atoms with Crippen LogP contribution in [0.2, 0.25) is 0 Å². The molecule has 2 heteroatoms. The van der Waals surface area contributed by atoms with Crippen LogP contribution in [0.1, 0.15) is 37.5 Å². The molecular formula is C15H20N2. The number of benzene rings is 1. The lowest BCUT2D eigenvalue weighted by molar-refractivity contribution is 0.500. The Morgan fingerprint density at radius 1 is 1.12 bits per heavy atom. The third-order valence-electron chi connectivity index (χ3n) is 2.70. The lowest BCUT2D eigenvalue weighted by atomic mass is 9.87. The highest BCUT2D eigenvalue weighted by Crippen LogP contribution is 2.29. The first-order valence-electron chi connectivity index (χ1n) is 5.74. The standard InChI is InChI=1S/C15H20N2/c1-10-6-11(2)8-12(7-10)13(9-16)14(17)15(3,4)5/h6-8H,17H2,1-5H3. The summed E-state index contributed by atoms with van der Waals surface area (Å²) < 4.78 is 0. The van der Waals surface area contributed by atoms with Crippen LogP contribution in [-0.4, -0.2) is 0 Å². The molecular weight excluding hydrogens is 208 g/mol. The van der Waals surface area contributed by atoms with Crippen LogP contribution in [0.25, 0.3) is 5.57 Å². The van der Waals surface area contributed by atoms with Gasteiger partial charge in [-0.15, -0.1) is 0 Å². The zero-order valence-electron chi connectivity index (χ0n) is 11.3. The van der Waals surface area contributed by atoms with Crippen molar-refractivity contribution >= 4 is 5.57 Å². The molecule has 17 heavy (non-hydrogen) atoms. The Balaban J connectivity index is 3.44. The average Bonchev–Trinajstić information content (AvgIpc) is 2.15. The number of rotatable bonds is 1. The Hall–Kier alpha value is -1.75. The quantitative estimate of drug-likeness (QED) is 0.747. The van der Waals surface area contributed by atoms with Gasteiger partial charge in [-0.25, -0.2) is 0 Å². The monoisotopic (exact) mass is 228 g/mol. The highest BCUT2D eigenvalue weighted by molar-refractivity contribution is 5.80. The fourth-order valence-electron chi connectivity index (χ4n) is 1.77. The van der Waals surface area contributed by atoms with Crippen LogP contribution >= 0.6 is 0 Å². The van der Waals surface area contributed by atoms with Crippen molar-refractivity contribution in [2.45, 2.75) is 34.6 Å². The lowest BCUT2D eigenvalue weighted by Crippen LogP contribution is -2.19. The van der Waals surface area contributed by atoms with Gasteiger partial charge in [-0.3, -0.25) is 0 Å².